The first-order chi connectivity index (χ1) is 5.84. The summed E-state index contributed by atoms with van der Waals surface area (Å²) in [6.07, 6.45) is 5.85. The van der Waals surface area contributed by atoms with E-state index in [-0.39, 0.29) is 12.8 Å². The number of hydrogen-bond donors (Lipinski definition) is 1. The van der Waals surface area contributed by atoms with Crippen molar-refractivity contribution >= 4 is 5.97 Å². The maximum Gasteiger partial charge on any atom is 0.337 e. The van der Waals surface area contributed by atoms with E-state index in [2.05, 4.69) is 10.1 Å². The third-order valence-corrected chi connectivity index (χ3v) is 1.38. The number of dihydropyridines is 1. The van der Waals surface area contributed by atoms with Crippen LogP contribution >= 0.6 is 0 Å². The Morgan fingerprint density at radius 1 is 1.75 bits per heavy atom. The quantitative estimate of drug-likeness (QED) is 0.494. The van der Waals surface area contributed by atoms with Crippen LogP contribution in [0.2, 0.25) is 0 Å². The van der Waals surface area contributed by atoms with Gasteiger partial charge >= 0.3 is 5.97 Å². The number of carbonyl (C=O) groups is 1. The highest BCUT2D eigenvalue weighted by atomic mass is 16.7. The van der Waals surface area contributed by atoms with Crippen LogP contribution < -0.4 is 5.32 Å². The standard InChI is InChI=1S/C8H11NO3/c1-11-6-12-8(10)7-3-2-4-9-5-7/h2,4-5,9H,3,6H2,1H3. The number of nitrogens with one attached hydrogen (secondary N) is 1. The molecular formula is C8H11NO3. The molecule has 1 rings (SSSR count). The second kappa shape index (κ2) is 4.56. The largest absolute Gasteiger partial charge is 0.435 e. The zero-order chi connectivity index (χ0) is 8.81. The van der Waals surface area contributed by atoms with E-state index in [4.69, 9.17) is 4.74 Å². The molecule has 66 valence electrons. The molecule has 0 aromatic heterocycles. The van der Waals surface area contributed by atoms with Crippen molar-refractivity contribution in [3.8, 4) is 0 Å². The molecule has 0 spiro atoms. The summed E-state index contributed by atoms with van der Waals surface area (Å²) in [5, 5.41) is 2.81. The van der Waals surface area contributed by atoms with Gasteiger partial charge in [-0.05, 0) is 6.20 Å². The van der Waals surface area contributed by atoms with Gasteiger partial charge in [-0.2, -0.15) is 0 Å². The first-order valence-electron chi connectivity index (χ1n) is 3.61. The van der Waals surface area contributed by atoms with Crippen molar-refractivity contribution in [2.75, 3.05) is 13.9 Å². The van der Waals surface area contributed by atoms with Gasteiger partial charge in [0.25, 0.3) is 0 Å². The second-order valence-corrected chi connectivity index (χ2v) is 2.28. The Morgan fingerprint density at radius 2 is 2.58 bits per heavy atom. The average Bonchev–Trinajstić information content (AvgIpc) is 2.15. The summed E-state index contributed by atoms with van der Waals surface area (Å²) in [4.78, 5) is 11.1. The molecule has 0 bridgehead atoms. The first-order valence-corrected chi connectivity index (χ1v) is 3.61. The van der Waals surface area contributed by atoms with Crippen LogP contribution in [-0.2, 0) is 14.3 Å². The van der Waals surface area contributed by atoms with E-state index in [9.17, 15) is 4.79 Å². The third-order valence-electron chi connectivity index (χ3n) is 1.38. The van der Waals surface area contributed by atoms with Gasteiger partial charge in [0.2, 0.25) is 0 Å². The number of methoxy groups -OCH3 is 1. The van der Waals surface area contributed by atoms with Crippen LogP contribution in [0, 0.1) is 0 Å². The zero-order valence-electron chi connectivity index (χ0n) is 6.87. The Balaban J connectivity index is 2.36. The van der Waals surface area contributed by atoms with E-state index in [1.807, 2.05) is 6.08 Å². The summed E-state index contributed by atoms with van der Waals surface area (Å²) < 4.78 is 9.32. The molecule has 4 heteroatoms. The molecule has 0 aliphatic carbocycles. The van der Waals surface area contributed by atoms with E-state index in [0.717, 1.165) is 0 Å². The maximum absolute atomic E-state index is 11.1. The van der Waals surface area contributed by atoms with Crippen LogP contribution in [0.1, 0.15) is 6.42 Å². The number of rotatable bonds is 3. The fourth-order valence-corrected chi connectivity index (χ4v) is 0.809. The van der Waals surface area contributed by atoms with E-state index in [0.29, 0.717) is 12.0 Å². The van der Waals surface area contributed by atoms with Crippen molar-refractivity contribution in [1.29, 1.82) is 0 Å². The molecule has 1 N–H and O–H groups in total. The van der Waals surface area contributed by atoms with Gasteiger partial charge in [-0.3, -0.25) is 0 Å². The Labute approximate surface area is 70.8 Å². The number of hydrogen-bond acceptors (Lipinski definition) is 4. The van der Waals surface area contributed by atoms with Gasteiger partial charge in [-0.25, -0.2) is 4.79 Å². The first kappa shape index (κ1) is 8.80. The molecule has 0 saturated heterocycles. The fourth-order valence-electron chi connectivity index (χ4n) is 0.809. The van der Waals surface area contributed by atoms with Crippen LogP contribution in [0.25, 0.3) is 0 Å². The predicted molar refractivity (Wildman–Crippen MR) is 42.9 cm³/mol. The minimum absolute atomic E-state index is 0.000111. The molecule has 0 aromatic rings. The molecule has 0 saturated carbocycles. The third kappa shape index (κ3) is 2.39. The van der Waals surface area contributed by atoms with Gasteiger partial charge in [-0.1, -0.05) is 6.08 Å². The van der Waals surface area contributed by atoms with E-state index >= 15 is 0 Å². The number of ether oxygens (including phenoxy) is 2. The average molecular weight is 169 g/mol. The van der Waals surface area contributed by atoms with Crippen LogP contribution in [0.15, 0.2) is 24.0 Å². The summed E-state index contributed by atoms with van der Waals surface area (Å²) >= 11 is 0. The smallest absolute Gasteiger partial charge is 0.337 e. The molecular weight excluding hydrogens is 158 g/mol. The Bertz CT molecular complexity index is 220. The van der Waals surface area contributed by atoms with Gasteiger partial charge in [0, 0.05) is 19.7 Å². The van der Waals surface area contributed by atoms with Crippen LogP contribution in [0.3, 0.4) is 0 Å². The molecule has 4 nitrogen and oxygen atoms in total. The second-order valence-electron chi connectivity index (χ2n) is 2.28. The number of allylic oxidation sites excluding steroid dienone is 1. The monoisotopic (exact) mass is 169 g/mol. The van der Waals surface area contributed by atoms with Crippen LogP contribution in [-0.4, -0.2) is 19.9 Å². The Morgan fingerprint density at radius 3 is 3.17 bits per heavy atom. The molecule has 0 fully saturated rings. The summed E-state index contributed by atoms with van der Waals surface area (Å²) in [5.41, 5.74) is 0.606. The summed E-state index contributed by atoms with van der Waals surface area (Å²) in [6, 6.07) is 0. The Hall–Kier alpha value is -1.29. The van der Waals surface area contributed by atoms with Crippen molar-refractivity contribution in [1.82, 2.24) is 5.32 Å². The van der Waals surface area contributed by atoms with Crippen molar-refractivity contribution in [3.63, 3.8) is 0 Å². The molecule has 0 aromatic carbocycles. The van der Waals surface area contributed by atoms with Crippen molar-refractivity contribution in [2.45, 2.75) is 6.42 Å². The van der Waals surface area contributed by atoms with Crippen molar-refractivity contribution in [2.24, 2.45) is 0 Å². The molecule has 0 unspecified atom stereocenters. The SMILES string of the molecule is COCOC(=O)C1=CNC=CC1. The fraction of sp³-hybridized carbons (Fsp3) is 0.375. The van der Waals surface area contributed by atoms with Gasteiger partial charge < -0.3 is 14.8 Å². The number of esters is 1. The summed E-state index contributed by atoms with van der Waals surface area (Å²) in [7, 11) is 1.47. The van der Waals surface area contributed by atoms with Crippen molar-refractivity contribution in [3.05, 3.63) is 24.0 Å². The lowest BCUT2D eigenvalue weighted by molar-refractivity contribution is -0.149. The minimum atomic E-state index is -0.339. The highest BCUT2D eigenvalue weighted by molar-refractivity contribution is 5.88. The molecule has 0 atom stereocenters. The lowest BCUT2D eigenvalue weighted by Crippen LogP contribution is -2.13. The molecule has 0 amide bonds. The summed E-state index contributed by atoms with van der Waals surface area (Å²) in [5.74, 6) is -0.339. The van der Waals surface area contributed by atoms with E-state index < -0.39 is 0 Å². The van der Waals surface area contributed by atoms with E-state index in [1.165, 1.54) is 7.11 Å². The van der Waals surface area contributed by atoms with E-state index in [1.54, 1.807) is 12.4 Å². The molecule has 0 radical (unpaired) electrons. The minimum Gasteiger partial charge on any atom is -0.435 e. The molecule has 1 aliphatic rings. The van der Waals surface area contributed by atoms with Gasteiger partial charge in [0.15, 0.2) is 6.79 Å². The van der Waals surface area contributed by atoms with Crippen molar-refractivity contribution < 1.29 is 14.3 Å². The highest BCUT2D eigenvalue weighted by Crippen LogP contribution is 2.06. The van der Waals surface area contributed by atoms with Gasteiger partial charge in [-0.15, -0.1) is 0 Å². The maximum atomic E-state index is 11.1. The highest BCUT2D eigenvalue weighted by Gasteiger charge is 2.10. The molecule has 1 aliphatic heterocycles. The zero-order valence-corrected chi connectivity index (χ0v) is 6.87. The topological polar surface area (TPSA) is 47.6 Å². The van der Waals surface area contributed by atoms with Crippen LogP contribution in [0.5, 0.6) is 0 Å². The normalized spacial score (nSPS) is 14.9. The van der Waals surface area contributed by atoms with Crippen LogP contribution in [0.4, 0.5) is 0 Å². The lowest BCUT2D eigenvalue weighted by atomic mass is 10.2. The molecule has 12 heavy (non-hydrogen) atoms. The predicted octanol–water partition coefficient (Wildman–Crippen LogP) is 0.524. The Kier molecular flexibility index (Phi) is 3.35. The lowest BCUT2D eigenvalue weighted by Gasteiger charge is -2.08. The number of carbonyl (C=O) groups excluding carboxylic acids is 1. The molecule has 1 heterocycles. The summed E-state index contributed by atoms with van der Waals surface area (Å²) in [6.45, 7) is -0.000111. The van der Waals surface area contributed by atoms with Gasteiger partial charge in [0.05, 0.1) is 5.57 Å². The van der Waals surface area contributed by atoms with Gasteiger partial charge in [0.1, 0.15) is 0 Å².